The number of hydrogen-bond donors (Lipinski definition) is 2. The maximum absolute atomic E-state index is 12.0. The second-order valence-electron chi connectivity index (χ2n) is 5.34. The molecule has 1 aromatic carbocycles. The van der Waals surface area contributed by atoms with E-state index in [0.29, 0.717) is 16.1 Å². The lowest BCUT2D eigenvalue weighted by atomic mass is 9.96. The number of carbonyl (C=O) groups is 1. The van der Waals surface area contributed by atoms with Crippen LogP contribution in [0.5, 0.6) is 0 Å². The molecule has 20 heavy (non-hydrogen) atoms. The maximum atomic E-state index is 12.0. The molecule has 1 atom stereocenters. The van der Waals surface area contributed by atoms with Crippen LogP contribution in [0.15, 0.2) is 18.2 Å². The summed E-state index contributed by atoms with van der Waals surface area (Å²) >= 11 is 12.0. The number of rotatable bonds is 3. The fourth-order valence-electron chi connectivity index (χ4n) is 2.60. The molecule has 0 aromatic heterocycles. The van der Waals surface area contributed by atoms with Crippen molar-refractivity contribution in [3.8, 4) is 0 Å². The quantitative estimate of drug-likeness (QED) is 0.835. The molecule has 110 valence electrons. The summed E-state index contributed by atoms with van der Waals surface area (Å²) in [5.74, 6) is 0. The molecule has 2 N–H and O–H groups in total. The molecule has 1 saturated carbocycles. The van der Waals surface area contributed by atoms with Gasteiger partial charge in [0.1, 0.15) is 0 Å². The van der Waals surface area contributed by atoms with Crippen LogP contribution in [-0.4, -0.2) is 12.1 Å². The molecule has 1 aliphatic carbocycles. The van der Waals surface area contributed by atoms with E-state index >= 15 is 0 Å². The Kier molecular flexibility index (Phi) is 5.55. The fourth-order valence-corrected chi connectivity index (χ4v) is 3.17. The number of halogens is 2. The van der Waals surface area contributed by atoms with Crippen molar-refractivity contribution >= 4 is 29.2 Å². The number of urea groups is 1. The topological polar surface area (TPSA) is 41.1 Å². The van der Waals surface area contributed by atoms with Gasteiger partial charge in [-0.15, -0.1) is 0 Å². The second-order valence-corrected chi connectivity index (χ2v) is 6.18. The Morgan fingerprint density at radius 1 is 1.25 bits per heavy atom. The van der Waals surface area contributed by atoms with Gasteiger partial charge in [0.2, 0.25) is 0 Å². The number of nitrogens with one attached hydrogen (secondary N) is 2. The Balaban J connectivity index is 1.89. The Hall–Kier alpha value is -0.930. The molecule has 1 aromatic rings. The van der Waals surface area contributed by atoms with E-state index in [-0.39, 0.29) is 12.1 Å². The maximum Gasteiger partial charge on any atom is 0.315 e. The van der Waals surface area contributed by atoms with Gasteiger partial charge in [-0.2, -0.15) is 0 Å². The third-order valence-electron chi connectivity index (χ3n) is 3.72. The van der Waals surface area contributed by atoms with Crippen LogP contribution in [0, 0.1) is 0 Å². The molecule has 0 unspecified atom stereocenters. The van der Waals surface area contributed by atoms with Crippen LogP contribution in [-0.2, 0) is 0 Å². The van der Waals surface area contributed by atoms with Crippen LogP contribution < -0.4 is 10.6 Å². The summed E-state index contributed by atoms with van der Waals surface area (Å²) in [5, 5.41) is 7.12. The molecule has 2 amide bonds. The summed E-state index contributed by atoms with van der Waals surface area (Å²) in [6.07, 6.45) is 5.82. The van der Waals surface area contributed by atoms with E-state index in [2.05, 4.69) is 10.6 Å². The van der Waals surface area contributed by atoms with Crippen molar-refractivity contribution in [3.63, 3.8) is 0 Å². The number of carbonyl (C=O) groups excluding carboxylic acids is 1. The van der Waals surface area contributed by atoms with Gasteiger partial charge in [0.05, 0.1) is 6.04 Å². The third kappa shape index (κ3) is 4.29. The number of benzene rings is 1. The molecule has 5 heteroatoms. The highest BCUT2D eigenvalue weighted by Gasteiger charge is 2.18. The highest BCUT2D eigenvalue weighted by molar-refractivity contribution is 6.35. The van der Waals surface area contributed by atoms with E-state index in [1.54, 1.807) is 12.1 Å². The van der Waals surface area contributed by atoms with E-state index in [0.717, 1.165) is 18.4 Å². The van der Waals surface area contributed by atoms with E-state index in [1.807, 2.05) is 13.0 Å². The predicted octanol–water partition coefficient (Wildman–Crippen LogP) is 4.69. The van der Waals surface area contributed by atoms with Crippen molar-refractivity contribution in [2.45, 2.75) is 51.1 Å². The molecule has 1 aliphatic rings. The van der Waals surface area contributed by atoms with Gasteiger partial charge in [-0.25, -0.2) is 4.79 Å². The standard InChI is InChI=1S/C15H20Cl2N2O/c1-10(13-8-7-11(16)9-14(13)17)18-15(20)19-12-5-3-2-4-6-12/h7-10,12H,2-6H2,1H3,(H2,18,19,20)/t10-/m1/s1. The molecule has 0 heterocycles. The minimum atomic E-state index is -0.150. The Labute approximate surface area is 130 Å². The minimum absolute atomic E-state index is 0.129. The van der Waals surface area contributed by atoms with Gasteiger partial charge in [0.25, 0.3) is 0 Å². The lowest BCUT2D eigenvalue weighted by molar-refractivity contribution is 0.229. The lowest BCUT2D eigenvalue weighted by Gasteiger charge is -2.24. The van der Waals surface area contributed by atoms with Crippen LogP contribution in [0.2, 0.25) is 10.0 Å². The molecule has 0 bridgehead atoms. The van der Waals surface area contributed by atoms with Crippen LogP contribution in [0.1, 0.15) is 50.6 Å². The first-order valence-electron chi connectivity index (χ1n) is 7.08. The zero-order chi connectivity index (χ0) is 14.5. The summed E-state index contributed by atoms with van der Waals surface area (Å²) in [6, 6.07) is 5.33. The van der Waals surface area contributed by atoms with E-state index < -0.39 is 0 Å². The van der Waals surface area contributed by atoms with Gasteiger partial charge in [-0.05, 0) is 37.5 Å². The summed E-state index contributed by atoms with van der Waals surface area (Å²) < 4.78 is 0. The number of amides is 2. The summed E-state index contributed by atoms with van der Waals surface area (Å²) in [7, 11) is 0. The molecule has 0 spiro atoms. The first-order valence-corrected chi connectivity index (χ1v) is 7.84. The van der Waals surface area contributed by atoms with Crippen molar-refractivity contribution in [3.05, 3.63) is 33.8 Å². The highest BCUT2D eigenvalue weighted by Crippen LogP contribution is 2.26. The summed E-state index contributed by atoms with van der Waals surface area (Å²) in [4.78, 5) is 12.0. The van der Waals surface area contributed by atoms with Crippen LogP contribution in [0.3, 0.4) is 0 Å². The molecule has 0 saturated heterocycles. The largest absolute Gasteiger partial charge is 0.335 e. The molecule has 0 aliphatic heterocycles. The lowest BCUT2D eigenvalue weighted by Crippen LogP contribution is -2.43. The molecule has 2 rings (SSSR count). The molecule has 1 fully saturated rings. The SMILES string of the molecule is C[C@@H](NC(=O)NC1CCCCC1)c1ccc(Cl)cc1Cl. The van der Waals surface area contributed by atoms with Crippen molar-refractivity contribution in [1.29, 1.82) is 0 Å². The van der Waals surface area contributed by atoms with Crippen molar-refractivity contribution in [1.82, 2.24) is 10.6 Å². The molecular formula is C15H20Cl2N2O. The van der Waals surface area contributed by atoms with Gasteiger partial charge < -0.3 is 10.6 Å². The van der Waals surface area contributed by atoms with Gasteiger partial charge in [0, 0.05) is 16.1 Å². The zero-order valence-electron chi connectivity index (χ0n) is 11.6. The third-order valence-corrected chi connectivity index (χ3v) is 4.28. The first-order chi connectivity index (χ1) is 9.56. The average molecular weight is 315 g/mol. The number of hydrogen-bond acceptors (Lipinski definition) is 1. The van der Waals surface area contributed by atoms with Crippen molar-refractivity contribution in [2.24, 2.45) is 0 Å². The first kappa shape index (κ1) is 15.5. The fraction of sp³-hybridized carbons (Fsp3) is 0.533. The molecular weight excluding hydrogens is 295 g/mol. The van der Waals surface area contributed by atoms with Gasteiger partial charge >= 0.3 is 6.03 Å². The predicted molar refractivity (Wildman–Crippen MR) is 83.4 cm³/mol. The molecule has 3 nitrogen and oxygen atoms in total. The summed E-state index contributed by atoms with van der Waals surface area (Å²) in [5.41, 5.74) is 0.870. The van der Waals surface area contributed by atoms with E-state index in [9.17, 15) is 4.79 Å². The summed E-state index contributed by atoms with van der Waals surface area (Å²) in [6.45, 7) is 1.91. The van der Waals surface area contributed by atoms with E-state index in [4.69, 9.17) is 23.2 Å². The minimum Gasteiger partial charge on any atom is -0.335 e. The Morgan fingerprint density at radius 2 is 1.95 bits per heavy atom. The monoisotopic (exact) mass is 314 g/mol. The van der Waals surface area contributed by atoms with E-state index in [1.165, 1.54) is 19.3 Å². The van der Waals surface area contributed by atoms with Gasteiger partial charge in [-0.3, -0.25) is 0 Å². The van der Waals surface area contributed by atoms with Crippen molar-refractivity contribution in [2.75, 3.05) is 0 Å². The normalized spacial score (nSPS) is 17.6. The van der Waals surface area contributed by atoms with Crippen molar-refractivity contribution < 1.29 is 4.79 Å². The highest BCUT2D eigenvalue weighted by atomic mass is 35.5. The average Bonchev–Trinajstić information content (AvgIpc) is 2.39. The van der Waals surface area contributed by atoms with Crippen LogP contribution in [0.25, 0.3) is 0 Å². The molecule has 0 radical (unpaired) electrons. The van der Waals surface area contributed by atoms with Crippen LogP contribution in [0.4, 0.5) is 4.79 Å². The Bertz CT molecular complexity index is 473. The van der Waals surface area contributed by atoms with Gasteiger partial charge in [-0.1, -0.05) is 48.5 Å². The Morgan fingerprint density at radius 3 is 2.60 bits per heavy atom. The van der Waals surface area contributed by atoms with Gasteiger partial charge in [0.15, 0.2) is 0 Å². The smallest absolute Gasteiger partial charge is 0.315 e. The second kappa shape index (κ2) is 7.19. The van der Waals surface area contributed by atoms with Crippen LogP contribution >= 0.6 is 23.2 Å². The zero-order valence-corrected chi connectivity index (χ0v) is 13.1.